The molecule has 0 bridgehead atoms. The molecule has 0 spiro atoms. The minimum absolute atomic E-state index is 0.197. The molecule has 0 unspecified atom stereocenters. The van der Waals surface area contributed by atoms with Crippen molar-refractivity contribution in [3.05, 3.63) is 30.2 Å². The van der Waals surface area contributed by atoms with Gasteiger partial charge < -0.3 is 9.80 Å². The van der Waals surface area contributed by atoms with Crippen molar-refractivity contribution < 1.29 is 28.0 Å². The van der Waals surface area contributed by atoms with Gasteiger partial charge in [-0.1, -0.05) is 26.2 Å². The molecule has 202 valence electrons. The Bertz CT molecular complexity index is 1020. The van der Waals surface area contributed by atoms with Crippen LogP contribution in [0.25, 0.3) is 0 Å². The second-order valence-corrected chi connectivity index (χ2v) is 8.49. The predicted octanol–water partition coefficient (Wildman–Crippen LogP) is 2.10. The number of nitrogens with one attached hydrogen (secondary N) is 2. The van der Waals surface area contributed by atoms with Crippen molar-refractivity contribution >= 4 is 30.0 Å². The van der Waals surface area contributed by atoms with Crippen LogP contribution in [0.2, 0.25) is 0 Å². The van der Waals surface area contributed by atoms with Crippen molar-refractivity contribution in [3.63, 3.8) is 0 Å². The van der Waals surface area contributed by atoms with E-state index >= 15 is 0 Å². The van der Waals surface area contributed by atoms with Crippen LogP contribution in [-0.4, -0.2) is 75.2 Å². The lowest BCUT2D eigenvalue weighted by molar-refractivity contribution is -0.154. The molecule has 12 nitrogen and oxygen atoms in total. The van der Waals surface area contributed by atoms with Crippen molar-refractivity contribution in [2.75, 3.05) is 47.9 Å². The Labute approximate surface area is 211 Å². The van der Waals surface area contributed by atoms with Crippen LogP contribution in [0.5, 0.6) is 0 Å². The summed E-state index contributed by atoms with van der Waals surface area (Å²) >= 11 is 0. The number of anilines is 3. The van der Waals surface area contributed by atoms with Gasteiger partial charge in [0.1, 0.15) is 11.4 Å². The monoisotopic (exact) mass is 525 g/mol. The molecule has 15 heteroatoms. The highest BCUT2D eigenvalue weighted by molar-refractivity contribution is 5.80. The molecule has 3 heterocycles. The van der Waals surface area contributed by atoms with Gasteiger partial charge in [-0.2, -0.15) is 18.2 Å². The van der Waals surface area contributed by atoms with E-state index in [9.17, 15) is 28.0 Å². The van der Waals surface area contributed by atoms with Gasteiger partial charge in [-0.05, 0) is 12.5 Å². The summed E-state index contributed by atoms with van der Waals surface area (Å²) in [6.45, 7) is 3.02. The van der Waals surface area contributed by atoms with Crippen molar-refractivity contribution in [3.8, 4) is 0 Å². The lowest BCUT2D eigenvalue weighted by atomic mass is 10.0. The third-order valence-electron chi connectivity index (χ3n) is 5.84. The summed E-state index contributed by atoms with van der Waals surface area (Å²) in [6, 6.07) is 1.68. The van der Waals surface area contributed by atoms with E-state index in [2.05, 4.69) is 30.8 Å². The minimum Gasteiger partial charge on any atom is -0.352 e. The maximum Gasteiger partial charge on any atom is 0.421 e. The summed E-state index contributed by atoms with van der Waals surface area (Å²) in [4.78, 5) is 42.9. The molecule has 1 aliphatic rings. The zero-order valence-electron chi connectivity index (χ0n) is 20.4. The maximum absolute atomic E-state index is 13.7. The molecule has 2 aromatic rings. The van der Waals surface area contributed by atoms with E-state index in [1.165, 1.54) is 4.90 Å². The van der Waals surface area contributed by atoms with Gasteiger partial charge in [-0.25, -0.2) is 20.0 Å². The number of nitrogens with zero attached hydrogens (tertiary/aromatic N) is 7. The van der Waals surface area contributed by atoms with E-state index in [1.54, 1.807) is 18.5 Å². The Balaban J connectivity index is 1.70. The number of amides is 2. The Morgan fingerprint density at radius 3 is 2.46 bits per heavy atom. The normalized spacial score (nSPS) is 14.7. The highest BCUT2D eigenvalue weighted by Gasteiger charge is 2.37. The molecule has 3 N–H and O–H groups in total. The highest BCUT2D eigenvalue weighted by Crippen LogP contribution is 2.36. The topological polar surface area (TPSA) is 140 Å². The van der Waals surface area contributed by atoms with Gasteiger partial charge in [0.2, 0.25) is 24.2 Å². The summed E-state index contributed by atoms with van der Waals surface area (Å²) in [5.41, 5.74) is 3.85. The molecule has 1 saturated heterocycles. The summed E-state index contributed by atoms with van der Waals surface area (Å²) in [5, 5.41) is 9.89. The molecule has 2 amide bonds. The zero-order chi connectivity index (χ0) is 26.8. The minimum atomic E-state index is -4.68. The first kappa shape index (κ1) is 27.8. The van der Waals surface area contributed by atoms with Crippen LogP contribution in [0.15, 0.2) is 24.7 Å². The van der Waals surface area contributed by atoms with Crippen molar-refractivity contribution in [2.24, 2.45) is 5.92 Å². The largest absolute Gasteiger partial charge is 0.421 e. The number of piperazine rings is 1. The number of carbonyl (C=O) groups excluding carboxylic acids is 2. The highest BCUT2D eigenvalue weighted by atomic mass is 19.4. The summed E-state index contributed by atoms with van der Waals surface area (Å²) in [7, 11) is 0. The van der Waals surface area contributed by atoms with E-state index in [4.69, 9.17) is 0 Å². The predicted molar refractivity (Wildman–Crippen MR) is 127 cm³/mol. The van der Waals surface area contributed by atoms with Crippen LogP contribution in [0, 0.1) is 5.92 Å². The number of hydrogen-bond donors (Lipinski definition) is 3. The number of rotatable bonds is 12. The van der Waals surface area contributed by atoms with E-state index < -0.39 is 23.6 Å². The van der Waals surface area contributed by atoms with E-state index in [0.29, 0.717) is 43.1 Å². The van der Waals surface area contributed by atoms with E-state index in [-0.39, 0.29) is 37.8 Å². The molecule has 1 atom stereocenters. The summed E-state index contributed by atoms with van der Waals surface area (Å²) in [5.74, 6) is -1.34. The lowest BCUT2D eigenvalue weighted by Crippen LogP contribution is -2.48. The first-order chi connectivity index (χ1) is 17.7. The smallest absolute Gasteiger partial charge is 0.352 e. The van der Waals surface area contributed by atoms with Crippen molar-refractivity contribution in [1.82, 2.24) is 30.4 Å². The second-order valence-electron chi connectivity index (χ2n) is 8.49. The fourth-order valence-electron chi connectivity index (χ4n) is 3.88. The Kier molecular flexibility index (Phi) is 9.77. The van der Waals surface area contributed by atoms with E-state index in [0.717, 1.165) is 12.8 Å². The molecule has 37 heavy (non-hydrogen) atoms. The van der Waals surface area contributed by atoms with Gasteiger partial charge in [0, 0.05) is 44.8 Å². The fourth-order valence-corrected chi connectivity index (χ4v) is 3.88. The third-order valence-corrected chi connectivity index (χ3v) is 5.84. The number of carbonyl (C=O) groups is 2. The van der Waals surface area contributed by atoms with Crippen LogP contribution in [-0.2, 0) is 15.8 Å². The molecular formula is C22H30F3N9O3. The van der Waals surface area contributed by atoms with Gasteiger partial charge in [-0.3, -0.25) is 25.6 Å². The number of hydroxylamine groups is 2. The molecule has 0 aliphatic carbocycles. The summed E-state index contributed by atoms with van der Waals surface area (Å²) < 4.78 is 41.1. The molecule has 1 aliphatic heterocycles. The maximum atomic E-state index is 13.7. The number of halogens is 3. The Hall–Kier alpha value is -3.75. The molecule has 1 fully saturated rings. The number of aromatic nitrogens is 4. The average Bonchev–Trinajstić information content (AvgIpc) is 2.91. The van der Waals surface area contributed by atoms with Gasteiger partial charge >= 0.3 is 6.18 Å². The summed E-state index contributed by atoms with van der Waals surface area (Å²) in [6.07, 6.45) is 2.25. The third kappa shape index (κ3) is 7.87. The molecular weight excluding hydrogens is 495 g/mol. The molecule has 3 rings (SSSR count). The van der Waals surface area contributed by atoms with Gasteiger partial charge in [0.05, 0.1) is 12.5 Å². The van der Waals surface area contributed by atoms with Crippen molar-refractivity contribution in [1.29, 1.82) is 0 Å². The van der Waals surface area contributed by atoms with Crippen LogP contribution in [0.1, 0.15) is 38.2 Å². The number of hydrazine groups is 1. The fraction of sp³-hybridized carbons (Fsp3) is 0.545. The first-order valence-corrected chi connectivity index (χ1v) is 11.9. The van der Waals surface area contributed by atoms with Gasteiger partial charge in [-0.15, -0.1) is 0 Å². The standard InChI is InChI=1S/C22H30F3N9O3/c1-2-3-4-6-16(14-34(37)15-35)19(36)30-31-20-28-13-17(22(23,24)25)18(29-20)32-9-11-33(12-10-32)21-26-7-5-8-27-21/h5,7-8,13,15-16,37H,2-4,6,9-12,14H2,1H3,(H,30,36)(H,28,29,31)/t16-/m1/s1. The molecule has 0 radical (unpaired) electrons. The molecule has 0 aromatic carbocycles. The number of alkyl halides is 3. The Morgan fingerprint density at radius 1 is 1.16 bits per heavy atom. The van der Waals surface area contributed by atoms with Gasteiger partial charge in [0.25, 0.3) is 0 Å². The SMILES string of the molecule is CCCCC[C@H](CN(O)C=O)C(=O)NNc1ncc(C(F)(F)F)c(N2CCN(c3ncccn3)CC2)n1. The van der Waals surface area contributed by atoms with Crippen LogP contribution in [0.3, 0.4) is 0 Å². The molecule has 0 saturated carbocycles. The second kappa shape index (κ2) is 13.0. The Morgan fingerprint density at radius 2 is 1.84 bits per heavy atom. The lowest BCUT2D eigenvalue weighted by Gasteiger charge is -2.36. The first-order valence-electron chi connectivity index (χ1n) is 11.9. The van der Waals surface area contributed by atoms with Crippen molar-refractivity contribution in [2.45, 2.75) is 38.8 Å². The average molecular weight is 526 g/mol. The number of hydrogen-bond acceptors (Lipinski definition) is 10. The zero-order valence-corrected chi connectivity index (χ0v) is 20.4. The van der Waals surface area contributed by atoms with Gasteiger partial charge in [0.15, 0.2) is 0 Å². The van der Waals surface area contributed by atoms with Crippen LogP contribution < -0.4 is 20.7 Å². The van der Waals surface area contributed by atoms with E-state index in [1.807, 2.05) is 11.8 Å². The van der Waals surface area contributed by atoms with Crippen LogP contribution >= 0.6 is 0 Å². The number of unbranched alkanes of at least 4 members (excludes halogenated alkanes) is 2. The van der Waals surface area contributed by atoms with Crippen LogP contribution in [0.4, 0.5) is 30.9 Å². The quantitative estimate of drug-likeness (QED) is 0.163. The molecule has 2 aromatic heterocycles.